The number of nitro groups is 1. The molecule has 332 valence electrons. The number of oxime groups is 1. The maximum atomic E-state index is 14.9. The molecule has 1 amide bonds. The van der Waals surface area contributed by atoms with E-state index in [0.29, 0.717) is 35.6 Å². The van der Waals surface area contributed by atoms with Crippen molar-refractivity contribution in [3.8, 4) is 17.2 Å². The van der Waals surface area contributed by atoms with Crippen molar-refractivity contribution in [1.29, 1.82) is 0 Å². The summed E-state index contributed by atoms with van der Waals surface area (Å²) < 4.78 is 40.8. The Labute approximate surface area is 362 Å². The van der Waals surface area contributed by atoms with Gasteiger partial charge < -0.3 is 34.0 Å². The summed E-state index contributed by atoms with van der Waals surface area (Å²) >= 11 is 0. The normalized spacial score (nSPS) is 23.2. The van der Waals surface area contributed by atoms with Crippen molar-refractivity contribution in [2.45, 2.75) is 95.6 Å². The molecule has 6 rings (SSSR count). The monoisotopic (exact) mass is 855 g/mol. The first-order valence-electron chi connectivity index (χ1n) is 21.3. The highest BCUT2D eigenvalue weighted by Gasteiger charge is 2.66. The van der Waals surface area contributed by atoms with Gasteiger partial charge in [-0.05, 0) is 112 Å². The van der Waals surface area contributed by atoms with E-state index in [-0.39, 0.29) is 68.6 Å². The number of allylic oxidation sites excluding steroid dienone is 1. The van der Waals surface area contributed by atoms with Crippen molar-refractivity contribution in [1.82, 2.24) is 4.90 Å². The fraction of sp³-hybridized carbons (Fsp3) is 0.458. The first kappa shape index (κ1) is 45.9. The number of fused-ring (bicyclic) bond motifs is 2. The van der Waals surface area contributed by atoms with Gasteiger partial charge in [-0.15, -0.1) is 6.58 Å². The highest BCUT2D eigenvalue weighted by molar-refractivity contribution is 6.03. The number of nitro benzene ring substituents is 1. The largest absolute Gasteiger partial charge is 0.490 e. The van der Waals surface area contributed by atoms with Crippen molar-refractivity contribution < 1.29 is 48.1 Å². The zero-order valence-corrected chi connectivity index (χ0v) is 35.7. The fourth-order valence-electron chi connectivity index (χ4n) is 8.97. The molecule has 1 fully saturated rings. The molecule has 0 radical (unpaired) electrons. The summed E-state index contributed by atoms with van der Waals surface area (Å²) in [4.78, 5) is 33.5. The summed E-state index contributed by atoms with van der Waals surface area (Å²) in [5.41, 5.74) is 2.04. The van der Waals surface area contributed by atoms with E-state index in [1.807, 2.05) is 39.0 Å². The van der Waals surface area contributed by atoms with Crippen LogP contribution in [-0.4, -0.2) is 75.7 Å². The lowest BCUT2D eigenvalue weighted by Gasteiger charge is -2.60. The number of nitrogens with zero attached hydrogens (tertiary/aromatic N) is 3. The number of halogens is 1. The van der Waals surface area contributed by atoms with Crippen LogP contribution in [0.15, 0.2) is 109 Å². The summed E-state index contributed by atoms with van der Waals surface area (Å²) in [6, 6.07) is 15.7. The third kappa shape index (κ3) is 10.5. The number of amides is 1. The Balaban J connectivity index is 1.61. The Morgan fingerprint density at radius 1 is 0.984 bits per heavy atom. The minimum atomic E-state index is -1.61. The first-order valence-corrected chi connectivity index (χ1v) is 21.3. The lowest BCUT2D eigenvalue weighted by molar-refractivity contribution is -0.384. The molecule has 2 N–H and O–H groups in total. The molecule has 1 aliphatic heterocycles. The molecule has 0 aromatic heterocycles. The number of rotatable bonds is 20. The van der Waals surface area contributed by atoms with E-state index in [0.717, 1.165) is 36.8 Å². The molecule has 3 aliphatic rings. The SMILES string of the molecule is C=CCOc1ccc2c(c1)C1C(CCCCO)C(CCCCO)C=C3C(=NOC(C)(C)C)CC(N(Cc4ccc(F)cc4)C(=O)Oc4ccc([N+](=O)[O-])cc4)C(OCC=C)(O2)C31. The van der Waals surface area contributed by atoms with Crippen LogP contribution in [0.3, 0.4) is 0 Å². The standard InChI is InChI=1S/C48H58FN3O10/c1-6-26-58-37-22-23-42-40(29-37)44-38(13-9-11-25-54)33(12-8-10-24-53)28-39-41(50-62-47(3,4)5)30-43(48(61-42,45(39)44)59-27-7-2)51(31-32-14-16-34(49)17-15-32)46(55)60-36-20-18-35(19-21-36)52(56)57/h6-7,14-23,28-29,33,38,43-45,53-54H,1-2,8-13,24-27,30-31H2,3-5H3. The minimum Gasteiger partial charge on any atom is -0.490 e. The summed E-state index contributed by atoms with van der Waals surface area (Å²) in [7, 11) is 0. The van der Waals surface area contributed by atoms with Gasteiger partial charge in [0.05, 0.1) is 23.2 Å². The molecule has 62 heavy (non-hydrogen) atoms. The van der Waals surface area contributed by atoms with Gasteiger partial charge in [-0.2, -0.15) is 0 Å². The van der Waals surface area contributed by atoms with Crippen LogP contribution in [0.25, 0.3) is 0 Å². The third-order valence-corrected chi connectivity index (χ3v) is 11.6. The van der Waals surface area contributed by atoms with Crippen molar-refractivity contribution in [3.05, 3.63) is 131 Å². The zero-order valence-electron chi connectivity index (χ0n) is 35.7. The number of hydrogen-bond donors (Lipinski definition) is 2. The van der Waals surface area contributed by atoms with Crippen molar-refractivity contribution >= 4 is 17.5 Å². The van der Waals surface area contributed by atoms with E-state index >= 15 is 0 Å². The van der Waals surface area contributed by atoms with E-state index in [1.165, 1.54) is 41.3 Å². The number of unbranched alkanes of at least 4 members (excludes halogenated alkanes) is 2. The molecule has 14 heteroatoms. The molecule has 13 nitrogen and oxygen atoms in total. The Morgan fingerprint density at radius 2 is 1.66 bits per heavy atom. The van der Waals surface area contributed by atoms with Gasteiger partial charge in [0.1, 0.15) is 41.3 Å². The second kappa shape index (κ2) is 20.5. The fourth-order valence-corrected chi connectivity index (χ4v) is 8.97. The van der Waals surface area contributed by atoms with E-state index in [9.17, 15) is 29.5 Å². The molecule has 6 atom stereocenters. The Bertz CT molecular complexity index is 2100. The van der Waals surface area contributed by atoms with Gasteiger partial charge in [-0.3, -0.25) is 15.0 Å². The van der Waals surface area contributed by atoms with Gasteiger partial charge in [0.15, 0.2) is 0 Å². The quantitative estimate of drug-likeness (QED) is 0.0485. The number of non-ortho nitro benzene ring substituents is 1. The zero-order chi connectivity index (χ0) is 44.4. The highest BCUT2D eigenvalue weighted by Crippen LogP contribution is 2.62. The van der Waals surface area contributed by atoms with Crippen LogP contribution in [0.4, 0.5) is 14.9 Å². The Hall–Kier alpha value is -5.57. The van der Waals surface area contributed by atoms with Gasteiger partial charge in [-0.25, -0.2) is 9.18 Å². The van der Waals surface area contributed by atoms with Crippen LogP contribution in [0.5, 0.6) is 17.2 Å². The molecule has 0 saturated heterocycles. The van der Waals surface area contributed by atoms with Crippen LogP contribution >= 0.6 is 0 Å². The number of hydrogen-bond acceptors (Lipinski definition) is 11. The third-order valence-electron chi connectivity index (χ3n) is 11.6. The van der Waals surface area contributed by atoms with Gasteiger partial charge in [0, 0.05) is 49.8 Å². The van der Waals surface area contributed by atoms with Gasteiger partial charge in [0.25, 0.3) is 5.69 Å². The molecule has 0 bridgehead atoms. The van der Waals surface area contributed by atoms with Gasteiger partial charge in [-0.1, -0.05) is 54.9 Å². The van der Waals surface area contributed by atoms with Crippen molar-refractivity contribution in [3.63, 3.8) is 0 Å². The Morgan fingerprint density at radius 3 is 2.31 bits per heavy atom. The molecule has 1 saturated carbocycles. The van der Waals surface area contributed by atoms with Gasteiger partial charge in [0.2, 0.25) is 5.79 Å². The van der Waals surface area contributed by atoms with Crippen LogP contribution in [-0.2, 0) is 16.1 Å². The number of aliphatic hydroxyl groups is 2. The average molecular weight is 856 g/mol. The summed E-state index contributed by atoms with van der Waals surface area (Å²) in [6.07, 6.45) is 9.08. The number of carbonyl (C=O) groups excluding carboxylic acids is 1. The summed E-state index contributed by atoms with van der Waals surface area (Å²) in [5.74, 6) is -1.77. The molecular formula is C48H58FN3O10. The lowest BCUT2D eigenvalue weighted by Crippen LogP contribution is -2.70. The molecule has 6 unspecified atom stereocenters. The summed E-state index contributed by atoms with van der Waals surface area (Å²) in [5, 5.41) is 36.1. The number of aliphatic hydroxyl groups excluding tert-OH is 2. The predicted molar refractivity (Wildman–Crippen MR) is 233 cm³/mol. The first-order chi connectivity index (χ1) is 29.8. The van der Waals surface area contributed by atoms with Crippen LogP contribution < -0.4 is 14.2 Å². The highest BCUT2D eigenvalue weighted by atomic mass is 19.1. The molecular weight excluding hydrogens is 798 g/mol. The van der Waals surface area contributed by atoms with Gasteiger partial charge >= 0.3 is 6.09 Å². The van der Waals surface area contributed by atoms with Crippen LogP contribution in [0, 0.1) is 33.7 Å². The van der Waals surface area contributed by atoms with E-state index in [4.69, 9.17) is 28.9 Å². The van der Waals surface area contributed by atoms with Crippen molar-refractivity contribution in [2.24, 2.45) is 22.9 Å². The predicted octanol–water partition coefficient (Wildman–Crippen LogP) is 9.43. The molecule has 3 aromatic rings. The number of benzene rings is 3. The number of ether oxygens (including phenoxy) is 4. The maximum absolute atomic E-state index is 14.9. The average Bonchev–Trinajstić information content (AvgIpc) is 3.25. The topological polar surface area (TPSA) is 162 Å². The van der Waals surface area contributed by atoms with Crippen LogP contribution in [0.1, 0.15) is 82.8 Å². The smallest absolute Gasteiger partial charge is 0.416 e. The van der Waals surface area contributed by atoms with Crippen molar-refractivity contribution in [2.75, 3.05) is 26.4 Å². The summed E-state index contributed by atoms with van der Waals surface area (Å²) in [6.45, 7) is 13.9. The lowest BCUT2D eigenvalue weighted by atomic mass is 9.55. The maximum Gasteiger partial charge on any atom is 0.416 e. The number of carbonyl (C=O) groups is 1. The van der Waals surface area contributed by atoms with Crippen LogP contribution in [0.2, 0.25) is 0 Å². The second-order valence-corrected chi connectivity index (χ2v) is 16.9. The Kier molecular flexibility index (Phi) is 15.2. The van der Waals surface area contributed by atoms with E-state index < -0.39 is 40.2 Å². The minimum absolute atomic E-state index is 0.0103. The van der Waals surface area contributed by atoms with E-state index in [2.05, 4.69) is 19.2 Å². The molecule has 3 aromatic carbocycles. The second-order valence-electron chi connectivity index (χ2n) is 16.9. The molecule has 0 spiro atoms. The molecule has 2 aliphatic carbocycles. The van der Waals surface area contributed by atoms with E-state index in [1.54, 1.807) is 24.3 Å². The molecule has 1 heterocycles.